The molecule has 0 bridgehead atoms. The smallest absolute Gasteiger partial charge is 0.271 e. The molecule has 0 aliphatic heterocycles. The van der Waals surface area contributed by atoms with E-state index >= 15 is 0 Å². The number of aromatic amines is 1. The fourth-order valence-corrected chi connectivity index (χ4v) is 1.73. The molecule has 0 aliphatic carbocycles. The number of rotatable bonds is 2. The van der Waals surface area contributed by atoms with Gasteiger partial charge in [0, 0.05) is 0 Å². The number of nitrogens with one attached hydrogen (secondary N) is 1. The maximum Gasteiger partial charge on any atom is 0.271 e. The van der Waals surface area contributed by atoms with Gasteiger partial charge in [-0.2, -0.15) is 0 Å². The summed E-state index contributed by atoms with van der Waals surface area (Å²) in [5.74, 6) is -0.145. The van der Waals surface area contributed by atoms with Crippen molar-refractivity contribution in [3.05, 3.63) is 50.5 Å². The lowest BCUT2D eigenvalue weighted by Crippen LogP contribution is -2.18. The Labute approximate surface area is 102 Å². The summed E-state index contributed by atoms with van der Waals surface area (Å²) in [5.41, 5.74) is 6.59. The zero-order valence-corrected chi connectivity index (χ0v) is 9.88. The second-order valence-corrected chi connectivity index (χ2v) is 4.20. The number of H-pyrrole nitrogens is 1. The van der Waals surface area contributed by atoms with Gasteiger partial charge in [0.25, 0.3) is 5.56 Å². The van der Waals surface area contributed by atoms with Gasteiger partial charge in [-0.3, -0.25) is 9.89 Å². The van der Waals surface area contributed by atoms with Crippen LogP contribution in [-0.4, -0.2) is 9.78 Å². The van der Waals surface area contributed by atoms with Gasteiger partial charge in [-0.1, -0.05) is 17.7 Å². The zero-order chi connectivity index (χ0) is 12.6. The molecular formula is C11H11ClFN3O. The van der Waals surface area contributed by atoms with Crippen LogP contribution in [-0.2, 0) is 6.54 Å². The van der Waals surface area contributed by atoms with E-state index in [0.29, 0.717) is 11.4 Å². The van der Waals surface area contributed by atoms with Crippen LogP contribution < -0.4 is 11.3 Å². The number of benzene rings is 1. The van der Waals surface area contributed by atoms with Crippen molar-refractivity contribution in [2.75, 3.05) is 5.73 Å². The van der Waals surface area contributed by atoms with Gasteiger partial charge < -0.3 is 5.73 Å². The van der Waals surface area contributed by atoms with Crippen LogP contribution in [0.2, 0.25) is 5.02 Å². The van der Waals surface area contributed by atoms with Gasteiger partial charge in [-0.15, -0.1) is 0 Å². The minimum Gasteiger partial charge on any atom is -0.384 e. The van der Waals surface area contributed by atoms with Crippen LogP contribution in [0, 0.1) is 12.7 Å². The highest BCUT2D eigenvalue weighted by Crippen LogP contribution is 2.16. The molecule has 1 aromatic heterocycles. The normalized spacial score (nSPS) is 10.8. The molecule has 0 atom stereocenters. The van der Waals surface area contributed by atoms with Crippen molar-refractivity contribution in [2.24, 2.45) is 0 Å². The molecule has 0 saturated carbocycles. The fourth-order valence-electron chi connectivity index (χ4n) is 1.53. The number of halogens is 2. The predicted molar refractivity (Wildman–Crippen MR) is 64.7 cm³/mol. The van der Waals surface area contributed by atoms with E-state index in [-0.39, 0.29) is 17.1 Å². The molecule has 90 valence electrons. The first-order valence-electron chi connectivity index (χ1n) is 4.98. The number of hydrogen-bond donors (Lipinski definition) is 2. The van der Waals surface area contributed by atoms with E-state index in [1.54, 1.807) is 13.0 Å². The molecule has 6 heteroatoms. The molecule has 3 N–H and O–H groups in total. The largest absolute Gasteiger partial charge is 0.384 e. The van der Waals surface area contributed by atoms with E-state index in [0.717, 1.165) is 5.56 Å². The summed E-state index contributed by atoms with van der Waals surface area (Å²) >= 11 is 5.66. The molecule has 1 heterocycles. The molecule has 0 aliphatic rings. The maximum atomic E-state index is 13.0. The highest BCUT2D eigenvalue weighted by molar-refractivity contribution is 6.30. The topological polar surface area (TPSA) is 63.8 Å². The van der Waals surface area contributed by atoms with Gasteiger partial charge in [0.15, 0.2) is 0 Å². The van der Waals surface area contributed by atoms with Crippen molar-refractivity contribution >= 4 is 17.4 Å². The van der Waals surface area contributed by atoms with E-state index in [9.17, 15) is 9.18 Å². The van der Waals surface area contributed by atoms with Crippen molar-refractivity contribution < 1.29 is 4.39 Å². The Morgan fingerprint density at radius 1 is 1.53 bits per heavy atom. The number of nitrogen functional groups attached to an aromatic ring is 1. The highest BCUT2D eigenvalue weighted by Gasteiger charge is 2.08. The minimum absolute atomic E-state index is 0.0341. The van der Waals surface area contributed by atoms with Crippen molar-refractivity contribution in [1.29, 1.82) is 0 Å². The maximum absolute atomic E-state index is 13.0. The molecule has 0 radical (unpaired) electrons. The Kier molecular flexibility index (Phi) is 2.93. The Hall–Kier alpha value is -1.75. The molecule has 0 unspecified atom stereocenters. The molecule has 0 spiro atoms. The summed E-state index contributed by atoms with van der Waals surface area (Å²) in [6.45, 7) is 1.92. The zero-order valence-electron chi connectivity index (χ0n) is 9.13. The summed E-state index contributed by atoms with van der Waals surface area (Å²) in [7, 11) is 0. The van der Waals surface area contributed by atoms with Gasteiger partial charge in [-0.25, -0.2) is 9.07 Å². The predicted octanol–water partition coefficient (Wildman–Crippen LogP) is 1.91. The van der Waals surface area contributed by atoms with E-state index < -0.39 is 5.82 Å². The van der Waals surface area contributed by atoms with Crippen LogP contribution in [0.1, 0.15) is 11.1 Å². The minimum atomic E-state index is -0.482. The Morgan fingerprint density at radius 3 is 2.76 bits per heavy atom. The third kappa shape index (κ3) is 2.19. The van der Waals surface area contributed by atoms with Crippen molar-refractivity contribution in [3.63, 3.8) is 0 Å². The molecule has 4 nitrogen and oxygen atoms in total. The molecule has 2 rings (SSSR count). The van der Waals surface area contributed by atoms with Crippen molar-refractivity contribution in [3.8, 4) is 0 Å². The molecule has 17 heavy (non-hydrogen) atoms. The fraction of sp³-hybridized carbons (Fsp3) is 0.182. The van der Waals surface area contributed by atoms with Gasteiger partial charge in [0.05, 0.1) is 17.1 Å². The summed E-state index contributed by atoms with van der Waals surface area (Å²) in [4.78, 5) is 11.7. The number of aromatic nitrogens is 2. The lowest BCUT2D eigenvalue weighted by Gasteiger charge is -2.03. The van der Waals surface area contributed by atoms with Crippen LogP contribution in [0.4, 0.5) is 10.2 Å². The van der Waals surface area contributed by atoms with Crippen molar-refractivity contribution in [1.82, 2.24) is 9.78 Å². The second-order valence-electron chi connectivity index (χ2n) is 3.79. The Bertz CT molecular complexity index is 618. The molecule has 0 amide bonds. The van der Waals surface area contributed by atoms with Gasteiger partial charge >= 0.3 is 0 Å². The van der Waals surface area contributed by atoms with Crippen molar-refractivity contribution in [2.45, 2.75) is 13.5 Å². The quantitative estimate of drug-likeness (QED) is 0.861. The molecular weight excluding hydrogens is 245 g/mol. The average Bonchev–Trinajstić information content (AvgIpc) is 2.52. The average molecular weight is 256 g/mol. The summed E-state index contributed by atoms with van der Waals surface area (Å²) in [6.07, 6.45) is 0. The second kappa shape index (κ2) is 4.25. The van der Waals surface area contributed by atoms with E-state index in [1.807, 2.05) is 0 Å². The molecule has 1 aromatic carbocycles. The summed E-state index contributed by atoms with van der Waals surface area (Å²) in [5, 5.41) is 2.77. The SMILES string of the molecule is Cc1c(N)[nH]n(Cc2ccc(F)c(Cl)c2)c1=O. The number of nitrogens with zero attached hydrogens (tertiary/aromatic N) is 1. The van der Waals surface area contributed by atoms with E-state index in [1.165, 1.54) is 16.8 Å². The Morgan fingerprint density at radius 2 is 2.24 bits per heavy atom. The summed E-state index contributed by atoms with van der Waals surface area (Å²) in [6, 6.07) is 4.32. The molecule has 0 saturated heterocycles. The highest BCUT2D eigenvalue weighted by atomic mass is 35.5. The molecule has 2 aromatic rings. The van der Waals surface area contributed by atoms with Gasteiger partial charge in [-0.05, 0) is 24.6 Å². The van der Waals surface area contributed by atoms with E-state index in [2.05, 4.69) is 5.10 Å². The van der Waals surface area contributed by atoms with Gasteiger partial charge in [0.1, 0.15) is 11.6 Å². The molecule has 0 fully saturated rings. The lowest BCUT2D eigenvalue weighted by molar-refractivity contribution is 0.623. The first-order chi connectivity index (χ1) is 7.99. The van der Waals surface area contributed by atoms with Crippen LogP contribution in [0.25, 0.3) is 0 Å². The summed E-state index contributed by atoms with van der Waals surface area (Å²) < 4.78 is 14.3. The van der Waals surface area contributed by atoms with Crippen LogP contribution in [0.15, 0.2) is 23.0 Å². The standard InChI is InChI=1S/C11H11ClFN3O/c1-6-10(14)15-16(11(6)17)5-7-2-3-9(13)8(12)4-7/h2-4,15H,5,14H2,1H3. The third-order valence-corrected chi connectivity index (χ3v) is 2.84. The lowest BCUT2D eigenvalue weighted by atomic mass is 10.2. The first kappa shape index (κ1) is 11.7. The number of hydrogen-bond acceptors (Lipinski definition) is 2. The van der Waals surface area contributed by atoms with Crippen LogP contribution >= 0.6 is 11.6 Å². The Balaban J connectivity index is 2.35. The third-order valence-electron chi connectivity index (χ3n) is 2.55. The number of nitrogens with two attached hydrogens (primary N) is 1. The van der Waals surface area contributed by atoms with E-state index in [4.69, 9.17) is 17.3 Å². The monoisotopic (exact) mass is 255 g/mol. The number of anilines is 1. The first-order valence-corrected chi connectivity index (χ1v) is 5.35. The van der Waals surface area contributed by atoms with Crippen LogP contribution in [0.3, 0.4) is 0 Å². The van der Waals surface area contributed by atoms with Gasteiger partial charge in [0.2, 0.25) is 0 Å². The van der Waals surface area contributed by atoms with Crippen LogP contribution in [0.5, 0.6) is 0 Å².